The van der Waals surface area contributed by atoms with E-state index in [1.165, 1.54) is 18.7 Å². The van der Waals surface area contributed by atoms with Crippen molar-refractivity contribution in [1.82, 2.24) is 4.98 Å². The molecule has 0 radical (unpaired) electrons. The molecule has 2 rings (SSSR count). The number of hydrogen-bond donors (Lipinski definition) is 3. The Labute approximate surface area is 123 Å². The zero-order valence-electron chi connectivity index (χ0n) is 11.2. The van der Waals surface area contributed by atoms with Crippen LogP contribution in [0.4, 0.5) is 5.82 Å². The van der Waals surface area contributed by atoms with Gasteiger partial charge in [-0.3, -0.25) is 0 Å². The lowest BCUT2D eigenvalue weighted by Crippen LogP contribution is -2.35. The molecule has 0 atom stereocenters. The van der Waals surface area contributed by atoms with Crippen LogP contribution >= 0.6 is 11.6 Å². The molecule has 1 aliphatic carbocycles. The zero-order chi connectivity index (χ0) is 14.6. The highest BCUT2D eigenvalue weighted by atomic mass is 35.5. The Hall–Kier alpha value is -1.33. The molecule has 110 valence electrons. The van der Waals surface area contributed by atoms with E-state index < -0.39 is 5.97 Å². The largest absolute Gasteiger partial charge is 0.478 e. The molecule has 1 aliphatic rings. The summed E-state index contributed by atoms with van der Waals surface area (Å²) in [6.07, 6.45) is 6.75. The van der Waals surface area contributed by atoms with Gasteiger partial charge in [-0.05, 0) is 18.9 Å². The number of aromatic nitrogens is 1. The van der Waals surface area contributed by atoms with E-state index in [-0.39, 0.29) is 22.6 Å². The van der Waals surface area contributed by atoms with Crippen LogP contribution in [-0.4, -0.2) is 34.3 Å². The Bertz CT molecular complexity index is 487. The van der Waals surface area contributed by atoms with Crippen LogP contribution in [0.5, 0.6) is 0 Å². The number of carboxylic acids is 1. The number of aromatic carboxylic acids is 1. The van der Waals surface area contributed by atoms with Gasteiger partial charge in [0.15, 0.2) is 0 Å². The van der Waals surface area contributed by atoms with Gasteiger partial charge in [-0.25, -0.2) is 9.78 Å². The van der Waals surface area contributed by atoms with Crippen LogP contribution in [0.3, 0.4) is 0 Å². The summed E-state index contributed by atoms with van der Waals surface area (Å²) in [5.41, 5.74) is -0.0889. The number of pyridine rings is 1. The average molecular weight is 299 g/mol. The van der Waals surface area contributed by atoms with E-state index >= 15 is 0 Å². The summed E-state index contributed by atoms with van der Waals surface area (Å²) in [4.78, 5) is 15.1. The molecule has 5 nitrogen and oxygen atoms in total. The molecule has 3 N–H and O–H groups in total. The number of aliphatic hydroxyl groups is 1. The monoisotopic (exact) mass is 298 g/mol. The van der Waals surface area contributed by atoms with E-state index in [1.807, 2.05) is 0 Å². The van der Waals surface area contributed by atoms with Crippen LogP contribution in [0, 0.1) is 5.41 Å². The molecule has 0 spiro atoms. The van der Waals surface area contributed by atoms with E-state index in [2.05, 4.69) is 10.3 Å². The molecule has 0 saturated heterocycles. The first kappa shape index (κ1) is 15.1. The van der Waals surface area contributed by atoms with Gasteiger partial charge < -0.3 is 15.5 Å². The second-order valence-electron chi connectivity index (χ2n) is 5.43. The van der Waals surface area contributed by atoms with Gasteiger partial charge in [0.2, 0.25) is 0 Å². The molecule has 6 heteroatoms. The number of halogens is 1. The standard InChI is InChI=1S/C14H19ClN2O3/c15-11-7-16-12(6-10(11)13(19)20)17-8-14(9-18)4-2-1-3-5-14/h6-7,18H,1-5,8-9H2,(H,16,17)(H,19,20). The predicted octanol–water partition coefficient (Wildman–Crippen LogP) is 2.79. The summed E-state index contributed by atoms with van der Waals surface area (Å²) >= 11 is 5.78. The lowest BCUT2D eigenvalue weighted by molar-refractivity contribution is 0.0697. The van der Waals surface area contributed by atoms with Gasteiger partial charge in [0.1, 0.15) is 5.82 Å². The number of aliphatic hydroxyl groups excluding tert-OH is 1. The van der Waals surface area contributed by atoms with Crippen LogP contribution in [0.25, 0.3) is 0 Å². The SMILES string of the molecule is O=C(O)c1cc(NCC2(CO)CCCCC2)ncc1Cl. The normalized spacial score (nSPS) is 17.7. The number of hydrogen-bond acceptors (Lipinski definition) is 4. The maximum Gasteiger partial charge on any atom is 0.337 e. The van der Waals surface area contributed by atoms with Crippen molar-refractivity contribution in [2.75, 3.05) is 18.5 Å². The summed E-state index contributed by atoms with van der Waals surface area (Å²) < 4.78 is 0. The lowest BCUT2D eigenvalue weighted by atomic mass is 9.74. The number of nitrogens with zero attached hydrogens (tertiary/aromatic N) is 1. The van der Waals surface area contributed by atoms with Crippen LogP contribution in [0.2, 0.25) is 5.02 Å². The average Bonchev–Trinajstić information content (AvgIpc) is 2.47. The van der Waals surface area contributed by atoms with Crippen molar-refractivity contribution in [2.45, 2.75) is 32.1 Å². The summed E-state index contributed by atoms with van der Waals surface area (Å²) in [6, 6.07) is 1.43. The molecule has 0 amide bonds. The minimum absolute atomic E-state index is 0.0332. The number of rotatable bonds is 5. The van der Waals surface area contributed by atoms with Crippen molar-refractivity contribution in [2.24, 2.45) is 5.41 Å². The number of carboxylic acid groups (broad SMARTS) is 1. The Kier molecular flexibility index (Phi) is 4.83. The Balaban J connectivity index is 2.06. The fourth-order valence-electron chi connectivity index (χ4n) is 2.67. The Morgan fingerprint density at radius 2 is 2.10 bits per heavy atom. The van der Waals surface area contributed by atoms with Crippen molar-refractivity contribution in [3.8, 4) is 0 Å². The Morgan fingerprint density at radius 1 is 1.40 bits per heavy atom. The van der Waals surface area contributed by atoms with Gasteiger partial charge in [-0.1, -0.05) is 30.9 Å². The zero-order valence-corrected chi connectivity index (χ0v) is 12.0. The minimum Gasteiger partial charge on any atom is -0.478 e. The highest BCUT2D eigenvalue weighted by Crippen LogP contribution is 2.36. The second kappa shape index (κ2) is 6.41. The molecular weight excluding hydrogens is 280 g/mol. The molecule has 1 aromatic rings. The molecule has 1 saturated carbocycles. The van der Waals surface area contributed by atoms with E-state index in [9.17, 15) is 9.90 Å². The second-order valence-corrected chi connectivity index (χ2v) is 5.83. The Morgan fingerprint density at radius 3 is 2.70 bits per heavy atom. The number of nitrogens with one attached hydrogen (secondary N) is 1. The topological polar surface area (TPSA) is 82.5 Å². The quantitative estimate of drug-likeness (QED) is 0.778. The smallest absolute Gasteiger partial charge is 0.337 e. The molecule has 1 heterocycles. The van der Waals surface area contributed by atoms with Gasteiger partial charge in [-0.15, -0.1) is 0 Å². The third kappa shape index (κ3) is 3.41. The van der Waals surface area contributed by atoms with Crippen molar-refractivity contribution >= 4 is 23.4 Å². The molecule has 20 heavy (non-hydrogen) atoms. The molecule has 0 unspecified atom stereocenters. The van der Waals surface area contributed by atoms with Crippen molar-refractivity contribution in [1.29, 1.82) is 0 Å². The summed E-state index contributed by atoms with van der Waals surface area (Å²) in [7, 11) is 0. The first-order valence-corrected chi connectivity index (χ1v) is 7.18. The fraction of sp³-hybridized carbons (Fsp3) is 0.571. The van der Waals surface area contributed by atoms with E-state index in [0.29, 0.717) is 12.4 Å². The van der Waals surface area contributed by atoms with Crippen molar-refractivity contribution in [3.05, 3.63) is 22.8 Å². The van der Waals surface area contributed by atoms with Crippen LogP contribution < -0.4 is 5.32 Å². The van der Waals surface area contributed by atoms with Crippen LogP contribution in [0.1, 0.15) is 42.5 Å². The minimum atomic E-state index is -1.07. The van der Waals surface area contributed by atoms with Gasteiger partial charge in [-0.2, -0.15) is 0 Å². The molecular formula is C14H19ClN2O3. The summed E-state index contributed by atoms with van der Waals surface area (Å²) in [5.74, 6) is -0.597. The van der Waals surface area contributed by atoms with E-state index in [4.69, 9.17) is 16.7 Å². The molecule has 0 bridgehead atoms. The number of carbonyl (C=O) groups is 1. The van der Waals surface area contributed by atoms with Crippen LogP contribution in [-0.2, 0) is 0 Å². The maximum atomic E-state index is 11.0. The third-order valence-corrected chi connectivity index (χ3v) is 4.28. The van der Waals surface area contributed by atoms with E-state index in [0.717, 1.165) is 25.7 Å². The van der Waals surface area contributed by atoms with Crippen molar-refractivity contribution in [3.63, 3.8) is 0 Å². The van der Waals surface area contributed by atoms with Gasteiger partial charge in [0.25, 0.3) is 0 Å². The lowest BCUT2D eigenvalue weighted by Gasteiger charge is -2.35. The summed E-state index contributed by atoms with van der Waals surface area (Å²) in [5, 5.41) is 21.9. The first-order chi connectivity index (χ1) is 9.56. The van der Waals surface area contributed by atoms with Crippen molar-refractivity contribution < 1.29 is 15.0 Å². The summed E-state index contributed by atoms with van der Waals surface area (Å²) in [6.45, 7) is 0.733. The highest BCUT2D eigenvalue weighted by molar-refractivity contribution is 6.33. The van der Waals surface area contributed by atoms with E-state index in [1.54, 1.807) is 0 Å². The maximum absolute atomic E-state index is 11.0. The predicted molar refractivity (Wildman–Crippen MR) is 77.3 cm³/mol. The van der Waals surface area contributed by atoms with Crippen LogP contribution in [0.15, 0.2) is 12.3 Å². The van der Waals surface area contributed by atoms with Gasteiger partial charge in [0, 0.05) is 18.2 Å². The third-order valence-electron chi connectivity index (χ3n) is 3.98. The fourth-order valence-corrected chi connectivity index (χ4v) is 2.85. The molecule has 0 aliphatic heterocycles. The molecule has 0 aromatic carbocycles. The first-order valence-electron chi connectivity index (χ1n) is 6.80. The van der Waals surface area contributed by atoms with Gasteiger partial charge >= 0.3 is 5.97 Å². The van der Waals surface area contributed by atoms with Gasteiger partial charge in [0.05, 0.1) is 17.2 Å². The number of anilines is 1. The molecule has 1 fully saturated rings. The highest BCUT2D eigenvalue weighted by Gasteiger charge is 2.31. The molecule has 1 aromatic heterocycles.